The number of aliphatic hydroxyl groups excluding tert-OH is 1. The van der Waals surface area contributed by atoms with Crippen LogP contribution in [0.15, 0.2) is 132 Å². The molecule has 0 bridgehead atoms. The van der Waals surface area contributed by atoms with Gasteiger partial charge < -0.3 is 30.0 Å². The van der Waals surface area contributed by atoms with Gasteiger partial charge >= 0.3 is 12.0 Å². The molecule has 7 rings (SSSR count). The molecule has 5 aromatic carbocycles. The first kappa shape index (κ1) is 37.3. The van der Waals surface area contributed by atoms with Crippen molar-refractivity contribution in [1.82, 2.24) is 15.6 Å². The number of methoxy groups -OCH3 is 1. The number of thiazole rings is 1. The van der Waals surface area contributed by atoms with Gasteiger partial charge in [-0.25, -0.2) is 14.6 Å². The topological polar surface area (TPSA) is 119 Å². The van der Waals surface area contributed by atoms with Crippen molar-refractivity contribution in [1.29, 1.82) is 0 Å². The lowest BCUT2D eigenvalue weighted by Crippen LogP contribution is -2.47. The summed E-state index contributed by atoms with van der Waals surface area (Å²) in [4.78, 5) is 30.1. The number of carbonyl (C=O) groups is 2. The standard InChI is InChI=1S/C43H41N3O6S2/c1-50-40(48)37(22-28-9-3-2-4-10-28)45-42(49)44-25-30-11-7-12-32(21-30)33-13-8-14-34(23-33)41-51-35(24-38(52-41)31-19-17-29(26-47)18-20-31)27-53-43-46-36-15-5-6-16-39(36)54-43/h2-21,23,35,37-38,41,47H,22,24-27H2,1H3,(H2,44,45,49). The summed E-state index contributed by atoms with van der Waals surface area (Å²) >= 11 is 3.39. The number of aliphatic hydroxyl groups is 1. The Balaban J connectivity index is 1.04. The van der Waals surface area contributed by atoms with E-state index in [0.717, 1.165) is 54.6 Å². The second-order valence-corrected chi connectivity index (χ2v) is 15.3. The normalized spacial score (nSPS) is 17.5. The number of aromatic nitrogens is 1. The van der Waals surface area contributed by atoms with Crippen molar-refractivity contribution in [2.75, 3.05) is 12.9 Å². The predicted molar refractivity (Wildman–Crippen MR) is 212 cm³/mol. The molecule has 11 heteroatoms. The lowest BCUT2D eigenvalue weighted by molar-refractivity contribution is -0.245. The average molecular weight is 760 g/mol. The number of nitrogens with zero attached hydrogens (tertiary/aromatic N) is 1. The molecule has 2 amide bonds. The number of para-hydroxylation sites is 1. The van der Waals surface area contributed by atoms with E-state index in [9.17, 15) is 14.7 Å². The zero-order valence-electron chi connectivity index (χ0n) is 29.7. The molecular formula is C43H41N3O6S2. The smallest absolute Gasteiger partial charge is 0.328 e. The number of benzene rings is 5. The van der Waals surface area contributed by atoms with E-state index in [1.54, 1.807) is 23.1 Å². The number of hydrogen-bond acceptors (Lipinski definition) is 9. The van der Waals surface area contributed by atoms with E-state index < -0.39 is 24.3 Å². The highest BCUT2D eigenvalue weighted by molar-refractivity contribution is 8.01. The SMILES string of the molecule is COC(=O)C(Cc1ccccc1)NC(=O)NCc1cccc(-c2cccc(C3OC(CSc4nc5ccccc5s4)CC(c4ccc(CO)cc4)O3)c2)c1. The van der Waals surface area contributed by atoms with Crippen molar-refractivity contribution in [3.05, 3.63) is 155 Å². The van der Waals surface area contributed by atoms with Crippen LogP contribution in [0, 0.1) is 0 Å². The van der Waals surface area contributed by atoms with Gasteiger partial charge in [0.1, 0.15) is 6.04 Å². The van der Waals surface area contributed by atoms with Gasteiger partial charge in [-0.15, -0.1) is 11.3 Å². The maximum atomic E-state index is 12.9. The molecule has 6 aromatic rings. The molecule has 1 saturated heterocycles. The molecule has 1 fully saturated rings. The number of rotatable bonds is 13. The van der Waals surface area contributed by atoms with Gasteiger partial charge in [0.15, 0.2) is 10.6 Å². The zero-order chi connectivity index (χ0) is 37.3. The van der Waals surface area contributed by atoms with Crippen LogP contribution in [-0.2, 0) is 38.6 Å². The van der Waals surface area contributed by atoms with Gasteiger partial charge in [-0.05, 0) is 57.6 Å². The van der Waals surface area contributed by atoms with Crippen molar-refractivity contribution in [2.24, 2.45) is 0 Å². The number of nitrogens with one attached hydrogen (secondary N) is 2. The molecule has 4 unspecified atom stereocenters. The van der Waals surface area contributed by atoms with E-state index in [1.165, 1.54) is 11.8 Å². The highest BCUT2D eigenvalue weighted by Gasteiger charge is 2.32. The Bertz CT molecular complexity index is 2140. The average Bonchev–Trinajstić information content (AvgIpc) is 3.65. The van der Waals surface area contributed by atoms with Gasteiger partial charge in [0.25, 0.3) is 0 Å². The molecule has 1 aromatic heterocycles. The number of esters is 1. The first-order valence-corrected chi connectivity index (χ1v) is 19.6. The molecule has 1 aliphatic heterocycles. The minimum absolute atomic E-state index is 0.0131. The van der Waals surface area contributed by atoms with Crippen LogP contribution in [0.2, 0.25) is 0 Å². The summed E-state index contributed by atoms with van der Waals surface area (Å²) < 4.78 is 20.4. The van der Waals surface area contributed by atoms with Crippen LogP contribution in [0.1, 0.15) is 46.6 Å². The van der Waals surface area contributed by atoms with Crippen molar-refractivity contribution in [3.8, 4) is 11.1 Å². The summed E-state index contributed by atoms with van der Waals surface area (Å²) in [6, 6.07) is 40.4. The Morgan fingerprint density at radius 3 is 2.37 bits per heavy atom. The van der Waals surface area contributed by atoms with E-state index in [1.807, 2.05) is 115 Å². The number of hydrogen-bond donors (Lipinski definition) is 3. The first-order chi connectivity index (χ1) is 26.4. The molecule has 0 spiro atoms. The van der Waals surface area contributed by atoms with E-state index in [-0.39, 0.29) is 25.4 Å². The zero-order valence-corrected chi connectivity index (χ0v) is 31.4. The minimum Gasteiger partial charge on any atom is -0.467 e. The molecule has 2 heterocycles. The molecule has 1 aliphatic rings. The van der Waals surface area contributed by atoms with E-state index in [4.69, 9.17) is 19.2 Å². The molecule has 9 nitrogen and oxygen atoms in total. The highest BCUT2D eigenvalue weighted by Crippen LogP contribution is 2.41. The van der Waals surface area contributed by atoms with Gasteiger partial charge in [0, 0.05) is 30.7 Å². The van der Waals surface area contributed by atoms with Crippen LogP contribution in [0.5, 0.6) is 0 Å². The van der Waals surface area contributed by atoms with E-state index >= 15 is 0 Å². The third kappa shape index (κ3) is 9.54. The van der Waals surface area contributed by atoms with Crippen molar-refractivity contribution in [2.45, 2.75) is 54.9 Å². The number of amides is 2. The lowest BCUT2D eigenvalue weighted by Gasteiger charge is -2.36. The maximum Gasteiger partial charge on any atom is 0.328 e. The Kier molecular flexibility index (Phi) is 12.3. The molecule has 0 radical (unpaired) electrons. The Labute approximate surface area is 322 Å². The van der Waals surface area contributed by atoms with Gasteiger partial charge in [0.05, 0.1) is 36.1 Å². The Morgan fingerprint density at radius 2 is 1.59 bits per heavy atom. The van der Waals surface area contributed by atoms with Gasteiger partial charge in [0.2, 0.25) is 0 Å². The third-order valence-electron chi connectivity index (χ3n) is 9.23. The van der Waals surface area contributed by atoms with E-state index in [0.29, 0.717) is 12.8 Å². The molecular weight excluding hydrogens is 719 g/mol. The summed E-state index contributed by atoms with van der Waals surface area (Å²) in [5.41, 5.74) is 7.56. The van der Waals surface area contributed by atoms with Crippen LogP contribution < -0.4 is 10.6 Å². The highest BCUT2D eigenvalue weighted by atomic mass is 32.2. The van der Waals surface area contributed by atoms with Crippen LogP contribution in [0.4, 0.5) is 4.79 Å². The molecule has 54 heavy (non-hydrogen) atoms. The summed E-state index contributed by atoms with van der Waals surface area (Å²) in [7, 11) is 1.31. The van der Waals surface area contributed by atoms with Gasteiger partial charge in [-0.3, -0.25) is 0 Å². The van der Waals surface area contributed by atoms with Crippen molar-refractivity contribution < 1.29 is 28.9 Å². The molecule has 4 atom stereocenters. The Hall–Kier alpha value is -5.04. The second-order valence-electron chi connectivity index (χ2n) is 13.0. The summed E-state index contributed by atoms with van der Waals surface area (Å²) in [5.74, 6) is 0.214. The monoisotopic (exact) mass is 759 g/mol. The minimum atomic E-state index is -0.819. The number of thioether (sulfide) groups is 1. The molecule has 276 valence electrons. The number of fused-ring (bicyclic) bond motifs is 1. The third-order valence-corrected chi connectivity index (χ3v) is 11.5. The Morgan fingerprint density at radius 1 is 0.852 bits per heavy atom. The van der Waals surface area contributed by atoms with Gasteiger partial charge in [-0.2, -0.15) is 0 Å². The number of carbonyl (C=O) groups excluding carboxylic acids is 2. The lowest BCUT2D eigenvalue weighted by atomic mass is 9.99. The van der Waals surface area contributed by atoms with Crippen LogP contribution in [0.3, 0.4) is 0 Å². The van der Waals surface area contributed by atoms with Gasteiger partial charge in [-0.1, -0.05) is 115 Å². The summed E-state index contributed by atoms with van der Waals surface area (Å²) in [5, 5.41) is 15.2. The largest absolute Gasteiger partial charge is 0.467 e. The van der Waals surface area contributed by atoms with Crippen molar-refractivity contribution >= 4 is 45.3 Å². The fourth-order valence-electron chi connectivity index (χ4n) is 6.40. The van der Waals surface area contributed by atoms with Crippen molar-refractivity contribution in [3.63, 3.8) is 0 Å². The molecule has 0 saturated carbocycles. The quantitative estimate of drug-likeness (QED) is 0.0794. The summed E-state index contributed by atoms with van der Waals surface area (Å²) in [6.45, 7) is 0.249. The molecule has 3 N–H and O–H groups in total. The number of ether oxygens (including phenoxy) is 3. The fraction of sp³-hybridized carbons (Fsp3) is 0.233. The maximum absolute atomic E-state index is 12.9. The van der Waals surface area contributed by atoms with Crippen LogP contribution >= 0.6 is 23.1 Å². The van der Waals surface area contributed by atoms with Crippen LogP contribution in [0.25, 0.3) is 21.3 Å². The fourth-order valence-corrected chi connectivity index (χ4v) is 8.51. The van der Waals surface area contributed by atoms with E-state index in [2.05, 4.69) is 22.8 Å². The number of urea groups is 1. The molecule has 0 aliphatic carbocycles. The summed E-state index contributed by atoms with van der Waals surface area (Å²) in [6.07, 6.45) is 0.101. The predicted octanol–water partition coefficient (Wildman–Crippen LogP) is 8.38. The first-order valence-electron chi connectivity index (χ1n) is 17.8. The van der Waals surface area contributed by atoms with Crippen LogP contribution in [-0.4, -0.2) is 47.1 Å². The second kappa shape index (κ2) is 17.9.